The van der Waals surface area contributed by atoms with Gasteiger partial charge in [-0.15, -0.1) is 0 Å². The molecule has 134 valence electrons. The lowest BCUT2D eigenvalue weighted by Crippen LogP contribution is -2.27. The highest BCUT2D eigenvalue weighted by atomic mass is 35.5. The summed E-state index contributed by atoms with van der Waals surface area (Å²) >= 11 is 6.06. The Morgan fingerprint density at radius 1 is 1.08 bits per heavy atom. The molecule has 0 saturated heterocycles. The van der Waals surface area contributed by atoms with Crippen molar-refractivity contribution in [3.05, 3.63) is 88.8 Å². The molecule has 5 heteroatoms. The van der Waals surface area contributed by atoms with Gasteiger partial charge in [0.1, 0.15) is 18.1 Å². The number of hydrogen-bond acceptors (Lipinski definition) is 3. The number of furan rings is 1. The summed E-state index contributed by atoms with van der Waals surface area (Å²) in [7, 11) is 0. The summed E-state index contributed by atoms with van der Waals surface area (Å²) in [6.45, 7) is 2.23. The Balaban J connectivity index is 1.61. The lowest BCUT2D eigenvalue weighted by atomic mass is 10.0. The highest BCUT2D eigenvalue weighted by Crippen LogP contribution is 2.24. The van der Waals surface area contributed by atoms with Gasteiger partial charge in [0.05, 0.1) is 11.1 Å². The van der Waals surface area contributed by atoms with Gasteiger partial charge in [-0.25, -0.2) is 0 Å². The molecule has 0 aliphatic carbocycles. The first-order valence-electron chi connectivity index (χ1n) is 8.49. The van der Waals surface area contributed by atoms with Crippen molar-refractivity contribution in [1.82, 2.24) is 5.32 Å². The Hall–Kier alpha value is -2.72. The average Bonchev–Trinajstić information content (AvgIpc) is 3.15. The first-order valence-corrected chi connectivity index (χ1v) is 8.87. The molecule has 0 fully saturated rings. The van der Waals surface area contributed by atoms with Gasteiger partial charge in [-0.3, -0.25) is 4.79 Å². The van der Waals surface area contributed by atoms with Gasteiger partial charge >= 0.3 is 0 Å². The molecule has 1 amide bonds. The number of carbonyl (C=O) groups is 1. The van der Waals surface area contributed by atoms with Crippen LogP contribution in [0.15, 0.2) is 71.1 Å². The van der Waals surface area contributed by atoms with Crippen LogP contribution in [0.4, 0.5) is 0 Å². The van der Waals surface area contributed by atoms with Crippen molar-refractivity contribution in [3.8, 4) is 5.75 Å². The molecule has 1 heterocycles. The summed E-state index contributed by atoms with van der Waals surface area (Å²) in [5.41, 5.74) is 1.07. The fourth-order valence-corrected chi connectivity index (χ4v) is 2.81. The zero-order valence-electron chi connectivity index (χ0n) is 14.4. The second-order valence-electron chi connectivity index (χ2n) is 5.83. The standard InChI is InChI=1S/C21H20ClNO3/c1-2-18(15-8-4-3-5-9-15)23-21(24)20-13-12-16(26-20)14-25-19-11-7-6-10-17(19)22/h3-13,18H,2,14H2,1H3,(H,23,24). The van der Waals surface area contributed by atoms with Gasteiger partial charge in [0.15, 0.2) is 5.76 Å². The predicted molar refractivity (Wildman–Crippen MR) is 101 cm³/mol. The van der Waals surface area contributed by atoms with E-state index in [1.807, 2.05) is 49.4 Å². The maximum atomic E-state index is 12.5. The molecule has 0 aliphatic rings. The first-order chi connectivity index (χ1) is 12.7. The van der Waals surface area contributed by atoms with Crippen LogP contribution in [0.3, 0.4) is 0 Å². The van der Waals surface area contributed by atoms with Gasteiger partial charge in [0.25, 0.3) is 5.91 Å². The second kappa shape index (κ2) is 8.59. The van der Waals surface area contributed by atoms with E-state index in [1.165, 1.54) is 0 Å². The van der Waals surface area contributed by atoms with Crippen LogP contribution in [0.25, 0.3) is 0 Å². The molecule has 1 N–H and O–H groups in total. The fraction of sp³-hybridized carbons (Fsp3) is 0.190. The van der Waals surface area contributed by atoms with Crippen molar-refractivity contribution in [3.63, 3.8) is 0 Å². The SMILES string of the molecule is CCC(NC(=O)c1ccc(COc2ccccc2Cl)o1)c1ccccc1. The van der Waals surface area contributed by atoms with Gasteiger partial charge in [-0.2, -0.15) is 0 Å². The minimum Gasteiger partial charge on any atom is -0.484 e. The number of hydrogen-bond donors (Lipinski definition) is 1. The highest BCUT2D eigenvalue weighted by molar-refractivity contribution is 6.32. The monoisotopic (exact) mass is 369 g/mol. The van der Waals surface area contributed by atoms with Gasteiger partial charge < -0.3 is 14.5 Å². The number of halogens is 1. The van der Waals surface area contributed by atoms with Crippen molar-refractivity contribution in [2.24, 2.45) is 0 Å². The van der Waals surface area contributed by atoms with Gasteiger partial charge in [-0.1, -0.05) is 61.0 Å². The van der Waals surface area contributed by atoms with E-state index in [2.05, 4.69) is 5.32 Å². The zero-order chi connectivity index (χ0) is 18.4. The van der Waals surface area contributed by atoms with Crippen LogP contribution in [0.2, 0.25) is 5.02 Å². The van der Waals surface area contributed by atoms with Crippen LogP contribution in [0, 0.1) is 0 Å². The molecule has 26 heavy (non-hydrogen) atoms. The molecule has 1 aromatic heterocycles. The van der Waals surface area contributed by atoms with Gasteiger partial charge in [-0.05, 0) is 36.2 Å². The van der Waals surface area contributed by atoms with E-state index in [0.717, 1.165) is 12.0 Å². The van der Waals surface area contributed by atoms with Gasteiger partial charge in [0, 0.05) is 0 Å². The molecule has 3 rings (SSSR count). The molecule has 2 aromatic carbocycles. The van der Waals surface area contributed by atoms with E-state index >= 15 is 0 Å². The molecule has 0 bridgehead atoms. The van der Waals surface area contributed by atoms with E-state index in [4.69, 9.17) is 20.8 Å². The van der Waals surface area contributed by atoms with Crippen LogP contribution >= 0.6 is 11.6 Å². The third-order valence-electron chi connectivity index (χ3n) is 4.01. The van der Waals surface area contributed by atoms with E-state index in [-0.39, 0.29) is 24.3 Å². The molecule has 1 unspecified atom stereocenters. The highest BCUT2D eigenvalue weighted by Gasteiger charge is 2.17. The molecule has 0 aliphatic heterocycles. The smallest absolute Gasteiger partial charge is 0.287 e. The lowest BCUT2D eigenvalue weighted by Gasteiger charge is -2.16. The normalized spacial score (nSPS) is 11.8. The molecule has 4 nitrogen and oxygen atoms in total. The van der Waals surface area contributed by atoms with E-state index in [0.29, 0.717) is 16.5 Å². The number of benzene rings is 2. The van der Waals surface area contributed by atoms with Crippen molar-refractivity contribution < 1.29 is 13.9 Å². The van der Waals surface area contributed by atoms with E-state index < -0.39 is 0 Å². The van der Waals surface area contributed by atoms with Crippen LogP contribution in [0.1, 0.15) is 41.3 Å². The van der Waals surface area contributed by atoms with Crippen molar-refractivity contribution >= 4 is 17.5 Å². The quantitative estimate of drug-likeness (QED) is 0.607. The summed E-state index contributed by atoms with van der Waals surface area (Å²) in [5, 5.41) is 3.53. The zero-order valence-corrected chi connectivity index (χ0v) is 15.2. The van der Waals surface area contributed by atoms with Crippen LogP contribution in [-0.4, -0.2) is 5.91 Å². The number of ether oxygens (including phenoxy) is 1. The first kappa shape index (κ1) is 18.1. The minimum absolute atomic E-state index is 0.0587. The fourth-order valence-electron chi connectivity index (χ4n) is 2.62. The molecule has 0 spiro atoms. The molecular weight excluding hydrogens is 350 g/mol. The third-order valence-corrected chi connectivity index (χ3v) is 4.32. The largest absolute Gasteiger partial charge is 0.484 e. The number of rotatable bonds is 7. The maximum Gasteiger partial charge on any atom is 0.287 e. The van der Waals surface area contributed by atoms with Crippen molar-refractivity contribution in [2.45, 2.75) is 26.0 Å². The Bertz CT molecular complexity index is 860. The summed E-state index contributed by atoms with van der Waals surface area (Å²) in [5.74, 6) is 1.15. The molecule has 0 radical (unpaired) electrons. The Morgan fingerprint density at radius 3 is 2.54 bits per heavy atom. The topological polar surface area (TPSA) is 51.5 Å². The Labute approximate surface area is 157 Å². The predicted octanol–water partition coefficient (Wildman–Crippen LogP) is 5.39. The minimum atomic E-state index is -0.246. The number of carbonyl (C=O) groups excluding carboxylic acids is 1. The molecular formula is C21H20ClNO3. The number of para-hydroxylation sites is 1. The summed E-state index contributed by atoms with van der Waals surface area (Å²) in [6, 6.07) is 20.4. The van der Waals surface area contributed by atoms with E-state index in [9.17, 15) is 4.79 Å². The van der Waals surface area contributed by atoms with Crippen molar-refractivity contribution in [2.75, 3.05) is 0 Å². The average molecular weight is 370 g/mol. The van der Waals surface area contributed by atoms with E-state index in [1.54, 1.807) is 24.3 Å². The molecule has 1 atom stereocenters. The number of amides is 1. The molecule has 3 aromatic rings. The number of nitrogens with one attached hydrogen (secondary N) is 1. The van der Waals surface area contributed by atoms with Crippen LogP contribution in [0.5, 0.6) is 5.75 Å². The third kappa shape index (κ3) is 4.46. The Kier molecular flexibility index (Phi) is 5.97. The van der Waals surface area contributed by atoms with Crippen molar-refractivity contribution in [1.29, 1.82) is 0 Å². The summed E-state index contributed by atoms with van der Waals surface area (Å²) < 4.78 is 11.2. The lowest BCUT2D eigenvalue weighted by molar-refractivity contribution is 0.0903. The maximum absolute atomic E-state index is 12.5. The van der Waals surface area contributed by atoms with Crippen LogP contribution < -0.4 is 10.1 Å². The second-order valence-corrected chi connectivity index (χ2v) is 6.24. The van der Waals surface area contributed by atoms with Gasteiger partial charge in [0.2, 0.25) is 0 Å². The van der Waals surface area contributed by atoms with Crippen LogP contribution in [-0.2, 0) is 6.61 Å². The molecule has 0 saturated carbocycles. The Morgan fingerprint density at radius 2 is 1.81 bits per heavy atom. The summed E-state index contributed by atoms with van der Waals surface area (Å²) in [4.78, 5) is 12.5. The summed E-state index contributed by atoms with van der Waals surface area (Å²) in [6.07, 6.45) is 0.791.